The number of hydrogen-bond donors (Lipinski definition) is 0. The van der Waals surface area contributed by atoms with E-state index in [1.165, 1.54) is 5.56 Å². The number of carbonyl (C=O) groups is 1. The Kier molecular flexibility index (Phi) is 6.23. The van der Waals surface area contributed by atoms with Gasteiger partial charge in [0.1, 0.15) is 5.82 Å². The van der Waals surface area contributed by atoms with Crippen LogP contribution in [0.25, 0.3) is 11.4 Å². The van der Waals surface area contributed by atoms with E-state index in [-0.39, 0.29) is 5.91 Å². The van der Waals surface area contributed by atoms with Gasteiger partial charge >= 0.3 is 0 Å². The van der Waals surface area contributed by atoms with Crippen LogP contribution in [-0.4, -0.2) is 47.0 Å². The number of halogens is 1. The molecule has 31 heavy (non-hydrogen) atoms. The maximum absolute atomic E-state index is 12.9. The molecule has 1 aliphatic heterocycles. The topological polar surface area (TPSA) is 49.3 Å². The molecule has 1 fully saturated rings. The van der Waals surface area contributed by atoms with E-state index in [1.807, 2.05) is 35.2 Å². The Balaban J connectivity index is 1.58. The Bertz CT molecular complexity index is 1060. The van der Waals surface area contributed by atoms with Crippen molar-refractivity contribution in [2.24, 2.45) is 0 Å². The minimum Gasteiger partial charge on any atom is -0.353 e. The summed E-state index contributed by atoms with van der Waals surface area (Å²) in [6.45, 7) is 9.21. The zero-order valence-corrected chi connectivity index (χ0v) is 18.9. The zero-order chi connectivity index (χ0) is 22.0. The van der Waals surface area contributed by atoms with Crippen LogP contribution in [0.1, 0.15) is 41.4 Å². The van der Waals surface area contributed by atoms with Gasteiger partial charge in [-0.2, -0.15) is 0 Å². The largest absolute Gasteiger partial charge is 0.353 e. The van der Waals surface area contributed by atoms with E-state index < -0.39 is 0 Å². The Morgan fingerprint density at radius 1 is 0.935 bits per heavy atom. The minimum absolute atomic E-state index is 0.0456. The van der Waals surface area contributed by atoms with Crippen molar-refractivity contribution >= 4 is 23.3 Å². The van der Waals surface area contributed by atoms with E-state index in [4.69, 9.17) is 21.6 Å². The highest BCUT2D eigenvalue weighted by Gasteiger charge is 2.26. The van der Waals surface area contributed by atoms with Gasteiger partial charge in [-0.1, -0.05) is 55.8 Å². The SMILES string of the molecule is Cc1nc(-c2ccccc2)nc(N2CCN(C(=O)c3ccc(Cl)cc3)CC2)c1C(C)C. The van der Waals surface area contributed by atoms with Crippen LogP contribution in [0.15, 0.2) is 54.6 Å². The van der Waals surface area contributed by atoms with Gasteiger partial charge in [0.15, 0.2) is 5.82 Å². The molecule has 1 aromatic heterocycles. The molecule has 1 aliphatic rings. The van der Waals surface area contributed by atoms with Crippen LogP contribution in [0.4, 0.5) is 5.82 Å². The van der Waals surface area contributed by atoms with Crippen LogP contribution in [0.3, 0.4) is 0 Å². The van der Waals surface area contributed by atoms with Gasteiger partial charge in [-0.25, -0.2) is 9.97 Å². The number of piperazine rings is 1. The standard InChI is InChI=1S/C25H27ClN4O/c1-17(2)22-18(3)27-23(19-7-5-4-6-8-19)28-24(22)29-13-15-30(16-14-29)25(31)20-9-11-21(26)12-10-20/h4-12,17H,13-16H2,1-3H3. The fourth-order valence-corrected chi connectivity index (χ4v) is 4.22. The normalized spacial score (nSPS) is 14.2. The molecule has 0 bridgehead atoms. The third-order valence-electron chi connectivity index (χ3n) is 5.68. The van der Waals surface area contributed by atoms with Gasteiger partial charge < -0.3 is 9.80 Å². The summed E-state index contributed by atoms with van der Waals surface area (Å²) in [5.74, 6) is 2.09. The van der Waals surface area contributed by atoms with Gasteiger partial charge in [-0.3, -0.25) is 4.79 Å². The monoisotopic (exact) mass is 434 g/mol. The van der Waals surface area contributed by atoms with Crippen molar-refractivity contribution in [2.75, 3.05) is 31.1 Å². The first kappa shape index (κ1) is 21.3. The molecule has 5 nitrogen and oxygen atoms in total. The molecule has 3 aromatic rings. The first-order valence-corrected chi connectivity index (χ1v) is 11.1. The lowest BCUT2D eigenvalue weighted by Gasteiger charge is -2.37. The average molecular weight is 435 g/mol. The summed E-state index contributed by atoms with van der Waals surface area (Å²) in [7, 11) is 0. The first-order chi connectivity index (χ1) is 14.9. The minimum atomic E-state index is 0.0456. The van der Waals surface area contributed by atoms with Crippen LogP contribution in [0.2, 0.25) is 5.02 Å². The van der Waals surface area contributed by atoms with Crippen molar-refractivity contribution in [1.82, 2.24) is 14.9 Å². The maximum Gasteiger partial charge on any atom is 0.253 e. The maximum atomic E-state index is 12.9. The highest BCUT2D eigenvalue weighted by Crippen LogP contribution is 2.31. The van der Waals surface area contributed by atoms with Crippen molar-refractivity contribution in [2.45, 2.75) is 26.7 Å². The predicted molar refractivity (Wildman–Crippen MR) is 126 cm³/mol. The van der Waals surface area contributed by atoms with Crippen LogP contribution >= 0.6 is 11.6 Å². The van der Waals surface area contributed by atoms with E-state index in [9.17, 15) is 4.79 Å². The van der Waals surface area contributed by atoms with E-state index >= 15 is 0 Å². The molecule has 0 saturated carbocycles. The number of aryl methyl sites for hydroxylation is 1. The number of anilines is 1. The third kappa shape index (κ3) is 4.57. The zero-order valence-electron chi connectivity index (χ0n) is 18.2. The molecule has 0 radical (unpaired) electrons. The van der Waals surface area contributed by atoms with Crippen molar-refractivity contribution in [1.29, 1.82) is 0 Å². The second-order valence-corrected chi connectivity index (χ2v) is 8.61. The van der Waals surface area contributed by atoms with E-state index in [1.54, 1.807) is 24.3 Å². The Morgan fingerprint density at radius 3 is 2.19 bits per heavy atom. The fourth-order valence-electron chi connectivity index (χ4n) is 4.10. The summed E-state index contributed by atoms with van der Waals surface area (Å²) in [6.07, 6.45) is 0. The number of rotatable bonds is 4. The van der Waals surface area contributed by atoms with Gasteiger partial charge in [-0.05, 0) is 37.1 Å². The van der Waals surface area contributed by atoms with Gasteiger partial charge in [0, 0.05) is 53.6 Å². The second-order valence-electron chi connectivity index (χ2n) is 8.18. The molecule has 6 heteroatoms. The van der Waals surface area contributed by atoms with Gasteiger partial charge in [0.05, 0.1) is 0 Å². The molecular weight excluding hydrogens is 408 g/mol. The van der Waals surface area contributed by atoms with Crippen LogP contribution in [-0.2, 0) is 0 Å². The number of hydrogen-bond acceptors (Lipinski definition) is 4. The number of nitrogens with zero attached hydrogens (tertiary/aromatic N) is 4. The summed E-state index contributed by atoms with van der Waals surface area (Å²) >= 11 is 5.96. The van der Waals surface area contributed by atoms with Crippen molar-refractivity contribution in [3.05, 3.63) is 76.4 Å². The summed E-state index contributed by atoms with van der Waals surface area (Å²) in [6, 6.07) is 17.2. The quantitative estimate of drug-likeness (QED) is 0.566. The van der Waals surface area contributed by atoms with Gasteiger partial charge in [-0.15, -0.1) is 0 Å². The molecule has 2 heterocycles. The highest BCUT2D eigenvalue weighted by molar-refractivity contribution is 6.30. The predicted octanol–water partition coefficient (Wildman–Crippen LogP) is 5.19. The molecule has 0 aliphatic carbocycles. The van der Waals surface area contributed by atoms with Crippen molar-refractivity contribution in [3.8, 4) is 11.4 Å². The van der Waals surface area contributed by atoms with E-state index in [0.717, 1.165) is 36.0 Å². The fraction of sp³-hybridized carbons (Fsp3) is 0.320. The second kappa shape index (κ2) is 9.06. The Morgan fingerprint density at radius 2 is 1.58 bits per heavy atom. The molecule has 0 atom stereocenters. The molecular formula is C25H27ClN4O. The number of amides is 1. The Hall–Kier alpha value is -2.92. The lowest BCUT2D eigenvalue weighted by molar-refractivity contribution is 0.0746. The van der Waals surface area contributed by atoms with E-state index in [2.05, 4.69) is 25.7 Å². The molecule has 2 aromatic carbocycles. The van der Waals surface area contributed by atoms with Crippen LogP contribution in [0.5, 0.6) is 0 Å². The number of carbonyl (C=O) groups excluding carboxylic acids is 1. The lowest BCUT2D eigenvalue weighted by Crippen LogP contribution is -2.49. The molecule has 0 N–H and O–H groups in total. The molecule has 0 spiro atoms. The number of benzene rings is 2. The Labute approximate surface area is 188 Å². The summed E-state index contributed by atoms with van der Waals surface area (Å²) in [5.41, 5.74) is 3.87. The van der Waals surface area contributed by atoms with Gasteiger partial charge in [0.25, 0.3) is 5.91 Å². The summed E-state index contributed by atoms with van der Waals surface area (Å²) in [4.78, 5) is 26.8. The van der Waals surface area contributed by atoms with E-state index in [0.29, 0.717) is 29.6 Å². The lowest BCUT2D eigenvalue weighted by atomic mass is 10.0. The third-order valence-corrected chi connectivity index (χ3v) is 5.94. The smallest absolute Gasteiger partial charge is 0.253 e. The number of aromatic nitrogens is 2. The first-order valence-electron chi connectivity index (χ1n) is 10.7. The molecule has 160 valence electrons. The molecule has 1 saturated heterocycles. The van der Waals surface area contributed by atoms with Crippen molar-refractivity contribution in [3.63, 3.8) is 0 Å². The summed E-state index contributed by atoms with van der Waals surface area (Å²) in [5, 5.41) is 0.635. The highest BCUT2D eigenvalue weighted by atomic mass is 35.5. The molecule has 1 amide bonds. The van der Waals surface area contributed by atoms with Crippen molar-refractivity contribution < 1.29 is 4.79 Å². The molecule has 4 rings (SSSR count). The van der Waals surface area contributed by atoms with Crippen LogP contribution in [0, 0.1) is 6.92 Å². The van der Waals surface area contributed by atoms with Crippen LogP contribution < -0.4 is 4.90 Å². The summed E-state index contributed by atoms with van der Waals surface area (Å²) < 4.78 is 0. The average Bonchev–Trinajstić information content (AvgIpc) is 2.79. The van der Waals surface area contributed by atoms with Gasteiger partial charge in [0.2, 0.25) is 0 Å². The molecule has 0 unspecified atom stereocenters.